The Morgan fingerprint density at radius 2 is 1.85 bits per heavy atom. The number of carbonyl (C=O) groups excluding carboxylic acids is 2. The van der Waals surface area contributed by atoms with E-state index < -0.39 is 29.9 Å². The summed E-state index contributed by atoms with van der Waals surface area (Å²) in [7, 11) is 0. The predicted molar refractivity (Wildman–Crippen MR) is 92.8 cm³/mol. The second-order valence-electron chi connectivity index (χ2n) is 8.97. The molecule has 2 unspecified atom stereocenters. The molecule has 0 N–H and O–H groups in total. The number of Topliss-reactive ketones (excluding diaryl/α,β-unsaturated/α-hetero) is 1. The lowest BCUT2D eigenvalue weighted by molar-refractivity contribution is -0.576. The van der Waals surface area contributed by atoms with Crippen LogP contribution in [-0.4, -0.2) is 35.7 Å². The Morgan fingerprint density at radius 1 is 1.07 bits per heavy atom. The van der Waals surface area contributed by atoms with Gasteiger partial charge in [0.15, 0.2) is 11.9 Å². The fourth-order valence-corrected chi connectivity index (χ4v) is 5.47. The maximum absolute atomic E-state index is 12.2. The normalized spacial score (nSPS) is 48.4. The van der Waals surface area contributed by atoms with Crippen LogP contribution in [0, 0.1) is 23.7 Å². The molecule has 27 heavy (non-hydrogen) atoms. The van der Waals surface area contributed by atoms with Crippen LogP contribution in [0.2, 0.25) is 0 Å². The molecule has 1 aliphatic carbocycles. The van der Waals surface area contributed by atoms with E-state index >= 15 is 0 Å². The van der Waals surface area contributed by atoms with Gasteiger partial charge in [0.1, 0.15) is 5.78 Å². The Kier molecular flexibility index (Phi) is 4.86. The molecule has 5 aliphatic rings. The van der Waals surface area contributed by atoms with Crippen LogP contribution in [0.1, 0.15) is 66.2 Å². The highest BCUT2D eigenvalue weighted by atomic mass is 17.3. The first-order valence-corrected chi connectivity index (χ1v) is 10.1. The zero-order valence-electron chi connectivity index (χ0n) is 16.6. The molecule has 7 heteroatoms. The highest BCUT2D eigenvalue weighted by molar-refractivity contribution is 5.81. The van der Waals surface area contributed by atoms with Crippen LogP contribution in [0.25, 0.3) is 0 Å². The molecule has 4 saturated heterocycles. The number of ketones is 1. The van der Waals surface area contributed by atoms with Crippen molar-refractivity contribution in [1.82, 2.24) is 0 Å². The van der Waals surface area contributed by atoms with Gasteiger partial charge < -0.3 is 19.0 Å². The molecule has 152 valence electrons. The van der Waals surface area contributed by atoms with E-state index in [1.807, 2.05) is 13.8 Å². The Hall–Kier alpha value is -1.02. The van der Waals surface area contributed by atoms with Crippen molar-refractivity contribution < 1.29 is 33.6 Å². The number of rotatable bonds is 4. The standard InChI is InChI=1S/C20H30O7/c1-11-5-7-15-13(3)17(23-16(22)8-6-12(2)21)24-18-20(15)14(11)9-10-19(4,25-18)26-27-20/h11,13-15,17-18H,5-10H2,1-4H3/t11-,13-,14+,15+,17?,18?,19-,20-/m1/s1. The molecular formula is C20H30O7. The van der Waals surface area contributed by atoms with Crippen LogP contribution < -0.4 is 0 Å². The van der Waals surface area contributed by atoms with Crippen molar-refractivity contribution in [1.29, 1.82) is 0 Å². The number of hydrogen-bond donors (Lipinski definition) is 0. The summed E-state index contributed by atoms with van der Waals surface area (Å²) in [5.74, 6) is -0.458. The average Bonchev–Trinajstić information content (AvgIpc) is 2.84. The van der Waals surface area contributed by atoms with Gasteiger partial charge in [0.2, 0.25) is 12.1 Å². The van der Waals surface area contributed by atoms with E-state index in [-0.39, 0.29) is 36.4 Å². The van der Waals surface area contributed by atoms with Gasteiger partial charge in [-0.05, 0) is 44.9 Å². The number of esters is 1. The summed E-state index contributed by atoms with van der Waals surface area (Å²) >= 11 is 0. The molecule has 0 aromatic carbocycles. The van der Waals surface area contributed by atoms with Gasteiger partial charge >= 0.3 is 5.97 Å². The maximum atomic E-state index is 12.2. The van der Waals surface area contributed by atoms with E-state index in [9.17, 15) is 9.59 Å². The monoisotopic (exact) mass is 382 g/mol. The molecule has 0 amide bonds. The third-order valence-electron chi connectivity index (χ3n) is 7.03. The minimum Gasteiger partial charge on any atom is -0.435 e. The molecule has 0 aromatic heterocycles. The molecule has 5 fully saturated rings. The van der Waals surface area contributed by atoms with Gasteiger partial charge in [-0.3, -0.25) is 4.79 Å². The Labute approximate surface area is 159 Å². The lowest BCUT2D eigenvalue weighted by Gasteiger charge is -2.59. The molecule has 4 aliphatic heterocycles. The highest BCUT2D eigenvalue weighted by Gasteiger charge is 2.69. The summed E-state index contributed by atoms with van der Waals surface area (Å²) in [4.78, 5) is 35.1. The molecule has 2 bridgehead atoms. The summed E-state index contributed by atoms with van der Waals surface area (Å²) in [6, 6.07) is 0. The van der Waals surface area contributed by atoms with Crippen LogP contribution in [-0.2, 0) is 33.6 Å². The van der Waals surface area contributed by atoms with Crippen LogP contribution in [0.15, 0.2) is 0 Å². The Bertz CT molecular complexity index is 621. The summed E-state index contributed by atoms with van der Waals surface area (Å²) in [6.07, 6.45) is 2.67. The van der Waals surface area contributed by atoms with Crippen molar-refractivity contribution >= 4 is 11.8 Å². The topological polar surface area (TPSA) is 80.3 Å². The highest BCUT2D eigenvalue weighted by Crippen LogP contribution is 2.60. The second-order valence-corrected chi connectivity index (χ2v) is 8.97. The van der Waals surface area contributed by atoms with E-state index in [0.717, 1.165) is 25.7 Å². The molecule has 0 radical (unpaired) electrons. The SMILES string of the molecule is CC(=O)CCC(=O)OC1OC2O[C@@]3(C)CC[C@H]4[C@H](C)CC[C@@H]([C@H]1C)[C@@]24OO3. The van der Waals surface area contributed by atoms with Crippen LogP contribution in [0.4, 0.5) is 0 Å². The van der Waals surface area contributed by atoms with E-state index in [1.54, 1.807) is 0 Å². The molecule has 8 atom stereocenters. The van der Waals surface area contributed by atoms with Crippen molar-refractivity contribution in [2.24, 2.45) is 23.7 Å². The van der Waals surface area contributed by atoms with Gasteiger partial charge in [-0.15, -0.1) is 0 Å². The molecule has 4 heterocycles. The van der Waals surface area contributed by atoms with Gasteiger partial charge in [-0.2, -0.15) is 0 Å². The smallest absolute Gasteiger partial charge is 0.308 e. The zero-order valence-corrected chi connectivity index (χ0v) is 16.6. The first-order valence-electron chi connectivity index (χ1n) is 10.1. The van der Waals surface area contributed by atoms with Crippen LogP contribution >= 0.6 is 0 Å². The van der Waals surface area contributed by atoms with Crippen molar-refractivity contribution in [3.05, 3.63) is 0 Å². The molecule has 1 spiro atoms. The van der Waals surface area contributed by atoms with Crippen molar-refractivity contribution in [2.45, 2.75) is 90.2 Å². The van der Waals surface area contributed by atoms with Crippen molar-refractivity contribution in [2.75, 3.05) is 0 Å². The van der Waals surface area contributed by atoms with E-state index in [4.69, 9.17) is 24.0 Å². The minimum absolute atomic E-state index is 0.0319. The Balaban J connectivity index is 1.58. The lowest BCUT2D eigenvalue weighted by Crippen LogP contribution is -2.70. The lowest BCUT2D eigenvalue weighted by atomic mass is 9.58. The third-order valence-corrected chi connectivity index (χ3v) is 7.03. The molecule has 5 rings (SSSR count). The minimum atomic E-state index is -0.846. The maximum Gasteiger partial charge on any atom is 0.308 e. The zero-order chi connectivity index (χ0) is 19.4. The summed E-state index contributed by atoms with van der Waals surface area (Å²) < 4.78 is 18.0. The predicted octanol–water partition coefficient (Wildman–Crippen LogP) is 3.11. The first-order chi connectivity index (χ1) is 12.7. The number of ether oxygens (including phenoxy) is 3. The van der Waals surface area contributed by atoms with E-state index in [0.29, 0.717) is 5.92 Å². The molecule has 0 aromatic rings. The van der Waals surface area contributed by atoms with E-state index in [2.05, 4.69) is 6.92 Å². The fraction of sp³-hybridized carbons (Fsp3) is 0.900. The van der Waals surface area contributed by atoms with Crippen LogP contribution in [0.3, 0.4) is 0 Å². The van der Waals surface area contributed by atoms with Gasteiger partial charge in [-0.25, -0.2) is 9.78 Å². The quantitative estimate of drug-likeness (QED) is 0.546. The van der Waals surface area contributed by atoms with Gasteiger partial charge in [0.25, 0.3) is 0 Å². The number of hydrogen-bond acceptors (Lipinski definition) is 7. The summed E-state index contributed by atoms with van der Waals surface area (Å²) in [5.41, 5.74) is -0.657. The Morgan fingerprint density at radius 3 is 2.59 bits per heavy atom. The average molecular weight is 382 g/mol. The van der Waals surface area contributed by atoms with Crippen molar-refractivity contribution in [3.63, 3.8) is 0 Å². The molecule has 1 saturated carbocycles. The van der Waals surface area contributed by atoms with Crippen molar-refractivity contribution in [3.8, 4) is 0 Å². The number of carbonyl (C=O) groups is 2. The summed E-state index contributed by atoms with van der Waals surface area (Å²) in [6.45, 7) is 7.63. The van der Waals surface area contributed by atoms with Crippen LogP contribution in [0.5, 0.6) is 0 Å². The third kappa shape index (κ3) is 3.12. The largest absolute Gasteiger partial charge is 0.435 e. The van der Waals surface area contributed by atoms with Gasteiger partial charge in [0, 0.05) is 24.7 Å². The van der Waals surface area contributed by atoms with Gasteiger partial charge in [0.05, 0.1) is 6.42 Å². The van der Waals surface area contributed by atoms with E-state index in [1.165, 1.54) is 6.92 Å². The first kappa shape index (κ1) is 19.3. The molecule has 7 nitrogen and oxygen atoms in total. The van der Waals surface area contributed by atoms with Gasteiger partial charge in [-0.1, -0.05) is 13.8 Å². The fourth-order valence-electron chi connectivity index (χ4n) is 5.47. The second kappa shape index (κ2) is 6.79. The number of fused-ring (bicyclic) bond motifs is 2. The summed E-state index contributed by atoms with van der Waals surface area (Å²) in [5, 5.41) is 0. The molecular weight excluding hydrogens is 352 g/mol.